The van der Waals surface area contributed by atoms with E-state index in [1.54, 1.807) is 0 Å². The minimum atomic E-state index is -4.55. The number of ether oxygens (including phenoxy) is 1. The summed E-state index contributed by atoms with van der Waals surface area (Å²) in [6.45, 7) is 5.35. The van der Waals surface area contributed by atoms with Gasteiger partial charge in [-0.15, -0.1) is 0 Å². The van der Waals surface area contributed by atoms with Gasteiger partial charge in [0, 0.05) is 0 Å². The Morgan fingerprint density at radius 2 is 1.85 bits per heavy atom. The van der Waals surface area contributed by atoms with Crippen LogP contribution in [0, 0.1) is 5.92 Å². The normalized spacial score (nSPS) is 32.7. The second kappa shape index (κ2) is 10.8. The molecule has 1 rings (SSSR count). The third-order valence-corrected chi connectivity index (χ3v) is 5.15. The molecule has 0 aromatic heterocycles. The predicted molar refractivity (Wildman–Crippen MR) is 93.1 cm³/mol. The molecule has 1 saturated heterocycles. The van der Waals surface area contributed by atoms with Crippen molar-refractivity contribution in [3.05, 3.63) is 11.6 Å². The van der Waals surface area contributed by atoms with E-state index in [9.17, 15) is 24.8 Å². The van der Waals surface area contributed by atoms with E-state index < -0.39 is 45.1 Å². The van der Waals surface area contributed by atoms with Gasteiger partial charge in [-0.2, -0.15) is 0 Å². The molecule has 0 aromatic rings. The summed E-state index contributed by atoms with van der Waals surface area (Å²) in [5, 5.41) is 38.2. The van der Waals surface area contributed by atoms with Crippen LogP contribution in [0.15, 0.2) is 11.6 Å². The molecule has 0 amide bonds. The summed E-state index contributed by atoms with van der Waals surface area (Å²) in [6.07, 6.45) is -3.48. The standard InChI is InChI=1S/C16H31O9P/c1-10(2)5-4-6-11(3)7-8-23-26(21,22)25-16-15(20)14(19)13(18)12(9-17)24-16/h5,11-20H,4,6-9H2,1-3H3,(H,21,22)/t11?,12-,13-,14+,15-,16+/m1/s1. The summed E-state index contributed by atoms with van der Waals surface area (Å²) in [6, 6.07) is 0. The molecule has 9 nitrogen and oxygen atoms in total. The van der Waals surface area contributed by atoms with Gasteiger partial charge in [0.2, 0.25) is 0 Å². The van der Waals surface area contributed by atoms with Crippen molar-refractivity contribution in [1.29, 1.82) is 0 Å². The molecule has 1 aliphatic heterocycles. The molecule has 0 aliphatic carbocycles. The minimum Gasteiger partial charge on any atom is -0.394 e. The van der Waals surface area contributed by atoms with E-state index in [2.05, 4.69) is 6.08 Å². The second-order valence-corrected chi connectivity index (χ2v) is 8.26. The maximum atomic E-state index is 12.0. The zero-order valence-electron chi connectivity index (χ0n) is 15.4. The van der Waals surface area contributed by atoms with Gasteiger partial charge in [0.25, 0.3) is 0 Å². The molecule has 7 atom stereocenters. The van der Waals surface area contributed by atoms with E-state index >= 15 is 0 Å². The number of phosphoric acid groups is 1. The summed E-state index contributed by atoms with van der Waals surface area (Å²) in [5.41, 5.74) is 1.24. The Morgan fingerprint density at radius 3 is 2.42 bits per heavy atom. The molecule has 0 saturated carbocycles. The summed E-state index contributed by atoms with van der Waals surface area (Å²) < 4.78 is 26.7. The number of hydrogen-bond donors (Lipinski definition) is 5. The smallest absolute Gasteiger partial charge is 0.394 e. The van der Waals surface area contributed by atoms with Crippen LogP contribution in [0.25, 0.3) is 0 Å². The quantitative estimate of drug-likeness (QED) is 0.265. The molecule has 0 aromatic carbocycles. The Balaban J connectivity index is 2.45. The fourth-order valence-electron chi connectivity index (χ4n) is 2.49. The summed E-state index contributed by atoms with van der Waals surface area (Å²) in [7, 11) is -4.55. The number of aliphatic hydroxyl groups excluding tert-OH is 4. The van der Waals surface area contributed by atoms with E-state index in [0.29, 0.717) is 6.42 Å². The first-order valence-electron chi connectivity index (χ1n) is 8.67. The van der Waals surface area contributed by atoms with Gasteiger partial charge >= 0.3 is 7.82 Å². The van der Waals surface area contributed by atoms with Gasteiger partial charge in [-0.05, 0) is 39.0 Å². The molecule has 5 N–H and O–H groups in total. The number of phosphoric ester groups is 1. The Kier molecular flexibility index (Phi) is 9.88. The van der Waals surface area contributed by atoms with Crippen LogP contribution in [0.1, 0.15) is 40.0 Å². The molecule has 154 valence electrons. The molecule has 1 fully saturated rings. The van der Waals surface area contributed by atoms with Crippen LogP contribution in [-0.2, 0) is 18.3 Å². The summed E-state index contributed by atoms with van der Waals surface area (Å²) in [4.78, 5) is 9.76. The van der Waals surface area contributed by atoms with E-state index in [4.69, 9.17) is 18.9 Å². The molecule has 26 heavy (non-hydrogen) atoms. The van der Waals surface area contributed by atoms with Crippen molar-refractivity contribution in [2.75, 3.05) is 13.2 Å². The van der Waals surface area contributed by atoms with Crippen LogP contribution in [0.4, 0.5) is 0 Å². The summed E-state index contributed by atoms with van der Waals surface area (Å²) in [5.74, 6) is 0.276. The van der Waals surface area contributed by atoms with Crippen molar-refractivity contribution < 1.29 is 43.7 Å². The van der Waals surface area contributed by atoms with Gasteiger partial charge in [-0.25, -0.2) is 4.57 Å². The van der Waals surface area contributed by atoms with Gasteiger partial charge in [0.15, 0.2) is 6.29 Å². The average Bonchev–Trinajstić information content (AvgIpc) is 2.54. The first-order valence-corrected chi connectivity index (χ1v) is 10.2. The molecular formula is C16H31O9P. The Morgan fingerprint density at radius 1 is 1.19 bits per heavy atom. The highest BCUT2D eigenvalue weighted by atomic mass is 31.2. The molecule has 0 radical (unpaired) electrons. The minimum absolute atomic E-state index is 0.0266. The highest BCUT2D eigenvalue weighted by Crippen LogP contribution is 2.46. The average molecular weight is 398 g/mol. The maximum Gasteiger partial charge on any atom is 0.474 e. The zero-order chi connectivity index (χ0) is 19.9. The predicted octanol–water partition coefficient (Wildman–Crippen LogP) is 0.692. The van der Waals surface area contributed by atoms with Gasteiger partial charge in [0.05, 0.1) is 13.2 Å². The Hall–Kier alpha value is -0.350. The van der Waals surface area contributed by atoms with E-state index in [0.717, 1.165) is 12.8 Å². The Bertz CT molecular complexity index is 492. The lowest BCUT2D eigenvalue weighted by atomic mass is 10.00. The second-order valence-electron chi connectivity index (χ2n) is 6.86. The highest BCUT2D eigenvalue weighted by molar-refractivity contribution is 7.47. The van der Waals surface area contributed by atoms with Crippen molar-refractivity contribution in [2.45, 2.75) is 70.7 Å². The monoisotopic (exact) mass is 398 g/mol. The van der Waals surface area contributed by atoms with Crippen molar-refractivity contribution in [3.63, 3.8) is 0 Å². The third-order valence-electron chi connectivity index (χ3n) is 4.16. The van der Waals surface area contributed by atoms with Crippen molar-refractivity contribution in [1.82, 2.24) is 0 Å². The van der Waals surface area contributed by atoms with Gasteiger partial charge < -0.3 is 30.1 Å². The molecule has 1 heterocycles. The number of hydrogen-bond acceptors (Lipinski definition) is 8. The lowest BCUT2D eigenvalue weighted by Crippen LogP contribution is -2.58. The SMILES string of the molecule is CC(C)=CCCC(C)CCOP(=O)(O)O[C@@H]1O[C@H](CO)[C@@H](O)[C@H](O)[C@H]1O. The largest absolute Gasteiger partial charge is 0.474 e. The molecule has 2 unspecified atom stereocenters. The first-order chi connectivity index (χ1) is 12.1. The molecular weight excluding hydrogens is 367 g/mol. The fraction of sp³-hybridized carbons (Fsp3) is 0.875. The molecule has 10 heteroatoms. The topological polar surface area (TPSA) is 146 Å². The molecule has 1 aliphatic rings. The third kappa shape index (κ3) is 7.72. The van der Waals surface area contributed by atoms with Crippen molar-refractivity contribution in [2.24, 2.45) is 5.92 Å². The van der Waals surface area contributed by atoms with Crippen molar-refractivity contribution >= 4 is 7.82 Å². The molecule has 0 bridgehead atoms. The number of rotatable bonds is 10. The van der Waals surface area contributed by atoms with Gasteiger partial charge in [-0.3, -0.25) is 9.05 Å². The van der Waals surface area contributed by atoms with Crippen LogP contribution < -0.4 is 0 Å². The van der Waals surface area contributed by atoms with Crippen LogP contribution in [-0.4, -0.2) is 69.2 Å². The van der Waals surface area contributed by atoms with E-state index in [-0.39, 0.29) is 12.5 Å². The van der Waals surface area contributed by atoms with Gasteiger partial charge in [0.1, 0.15) is 24.4 Å². The lowest BCUT2D eigenvalue weighted by Gasteiger charge is -2.39. The zero-order valence-corrected chi connectivity index (χ0v) is 16.3. The Labute approximate surface area is 153 Å². The van der Waals surface area contributed by atoms with Crippen molar-refractivity contribution in [3.8, 4) is 0 Å². The van der Waals surface area contributed by atoms with Crippen LogP contribution >= 0.6 is 7.82 Å². The summed E-state index contributed by atoms with van der Waals surface area (Å²) >= 11 is 0. The lowest BCUT2D eigenvalue weighted by molar-refractivity contribution is -0.281. The van der Waals surface area contributed by atoms with Crippen LogP contribution in [0.5, 0.6) is 0 Å². The number of allylic oxidation sites excluding steroid dienone is 2. The fourth-order valence-corrected chi connectivity index (χ4v) is 3.32. The highest BCUT2D eigenvalue weighted by Gasteiger charge is 2.46. The van der Waals surface area contributed by atoms with Crippen LogP contribution in [0.2, 0.25) is 0 Å². The van der Waals surface area contributed by atoms with E-state index in [1.807, 2.05) is 20.8 Å². The molecule has 0 spiro atoms. The van der Waals surface area contributed by atoms with Gasteiger partial charge in [-0.1, -0.05) is 18.6 Å². The van der Waals surface area contributed by atoms with Crippen LogP contribution in [0.3, 0.4) is 0 Å². The number of aliphatic hydroxyl groups is 4. The van der Waals surface area contributed by atoms with E-state index in [1.165, 1.54) is 5.57 Å². The first kappa shape index (κ1) is 23.7. The maximum absolute atomic E-state index is 12.0.